The number of hydrogen-bond donors (Lipinski definition) is 2. The van der Waals surface area contributed by atoms with Crippen LogP contribution in [0, 0.1) is 12.7 Å². The summed E-state index contributed by atoms with van der Waals surface area (Å²) in [7, 11) is 1.49. The Morgan fingerprint density at radius 2 is 1.82 bits per heavy atom. The second-order valence-electron chi connectivity index (χ2n) is 13.8. The Bertz CT molecular complexity index is 1920. The Balaban J connectivity index is 1.07. The number of H-pyrrole nitrogens is 1. The minimum absolute atomic E-state index is 0.0726. The van der Waals surface area contributed by atoms with Gasteiger partial charge in [0.15, 0.2) is 0 Å². The summed E-state index contributed by atoms with van der Waals surface area (Å²) in [6.07, 6.45) is 4.17. The molecule has 50 heavy (non-hydrogen) atoms. The van der Waals surface area contributed by atoms with Crippen molar-refractivity contribution >= 4 is 28.8 Å². The standard InChI is InChI=1S/C37H42FN7O5/c1-23-19-24(11-14-39-23)33-27-20-25(7-9-30(27)41-42-33)34(46)40-26-8-10-31(45(21-26)22-28-29(38)5-4-6-32(28)49-3)35(47)43-15-17-44(18-16-43)36(48)50-37(2)12-13-37/h4-7,9,11,14,19-20,26,31H,8,10,12-13,15-18,21-22H2,1-3H3,(H,40,46)(H,41,42)/t26-,31+/m1/s1. The molecule has 262 valence electrons. The molecule has 2 aromatic heterocycles. The summed E-state index contributed by atoms with van der Waals surface area (Å²) in [5.41, 5.74) is 3.79. The highest BCUT2D eigenvalue weighted by atomic mass is 19.1. The van der Waals surface area contributed by atoms with Crippen molar-refractivity contribution in [3.63, 3.8) is 0 Å². The number of nitrogens with zero attached hydrogens (tertiary/aromatic N) is 5. The number of pyridine rings is 1. The number of aryl methyl sites for hydroxylation is 1. The lowest BCUT2D eigenvalue weighted by Gasteiger charge is -2.43. The van der Waals surface area contributed by atoms with E-state index in [1.54, 1.807) is 34.2 Å². The van der Waals surface area contributed by atoms with Gasteiger partial charge in [0.1, 0.15) is 22.9 Å². The number of nitrogens with one attached hydrogen (secondary N) is 2. The highest BCUT2D eigenvalue weighted by Crippen LogP contribution is 2.39. The van der Waals surface area contributed by atoms with E-state index in [4.69, 9.17) is 9.47 Å². The molecule has 2 N–H and O–H groups in total. The Kier molecular flexibility index (Phi) is 9.17. The number of amides is 3. The van der Waals surface area contributed by atoms with Crippen molar-refractivity contribution in [1.82, 2.24) is 35.2 Å². The number of aromatic amines is 1. The molecule has 0 radical (unpaired) electrons. The maximum Gasteiger partial charge on any atom is 0.410 e. The molecule has 12 nitrogen and oxygen atoms in total. The first-order valence-electron chi connectivity index (χ1n) is 17.1. The fourth-order valence-corrected chi connectivity index (χ4v) is 6.91. The monoisotopic (exact) mass is 683 g/mol. The van der Waals surface area contributed by atoms with Gasteiger partial charge >= 0.3 is 6.09 Å². The Morgan fingerprint density at radius 1 is 1.04 bits per heavy atom. The normalized spacial score (nSPS) is 20.4. The van der Waals surface area contributed by atoms with Gasteiger partial charge in [-0.05, 0) is 82.0 Å². The molecule has 2 aromatic carbocycles. The van der Waals surface area contributed by atoms with Crippen LogP contribution in [0.15, 0.2) is 54.7 Å². The number of likely N-dealkylation sites (tertiary alicyclic amines) is 1. The number of piperidine rings is 1. The van der Waals surface area contributed by atoms with Crippen LogP contribution in [0.4, 0.5) is 9.18 Å². The smallest absolute Gasteiger partial charge is 0.410 e. The molecule has 7 rings (SSSR count). The molecule has 2 saturated heterocycles. The van der Waals surface area contributed by atoms with Crippen LogP contribution in [-0.2, 0) is 16.1 Å². The van der Waals surface area contributed by atoms with Crippen molar-refractivity contribution < 1.29 is 28.2 Å². The molecule has 4 heterocycles. The molecule has 3 aliphatic rings. The van der Waals surface area contributed by atoms with E-state index in [9.17, 15) is 14.4 Å². The van der Waals surface area contributed by atoms with E-state index in [1.807, 2.05) is 43.0 Å². The highest BCUT2D eigenvalue weighted by molar-refractivity contribution is 6.01. The van der Waals surface area contributed by atoms with Crippen molar-refractivity contribution in [2.24, 2.45) is 0 Å². The number of halogens is 1. The third kappa shape index (κ3) is 7.00. The van der Waals surface area contributed by atoms with E-state index in [-0.39, 0.29) is 36.1 Å². The summed E-state index contributed by atoms with van der Waals surface area (Å²) in [6.45, 7) is 5.85. The van der Waals surface area contributed by atoms with Crippen LogP contribution in [-0.4, -0.2) is 105 Å². The first kappa shape index (κ1) is 33.5. The van der Waals surface area contributed by atoms with Crippen LogP contribution in [0.3, 0.4) is 0 Å². The lowest BCUT2D eigenvalue weighted by molar-refractivity contribution is -0.140. The number of benzene rings is 2. The van der Waals surface area contributed by atoms with E-state index in [2.05, 4.69) is 20.5 Å². The molecule has 0 spiro atoms. The van der Waals surface area contributed by atoms with Gasteiger partial charge in [-0.15, -0.1) is 0 Å². The predicted molar refractivity (Wildman–Crippen MR) is 184 cm³/mol. The first-order valence-corrected chi connectivity index (χ1v) is 17.1. The average molecular weight is 684 g/mol. The van der Waals surface area contributed by atoms with Gasteiger partial charge in [-0.25, -0.2) is 9.18 Å². The van der Waals surface area contributed by atoms with Gasteiger partial charge in [0.25, 0.3) is 5.91 Å². The molecule has 0 unspecified atom stereocenters. The number of fused-ring (bicyclic) bond motifs is 1. The van der Waals surface area contributed by atoms with Crippen molar-refractivity contribution in [2.45, 2.75) is 63.8 Å². The van der Waals surface area contributed by atoms with Gasteiger partial charge in [0, 0.05) is 79.3 Å². The number of hydrogen-bond acceptors (Lipinski definition) is 8. The van der Waals surface area contributed by atoms with Gasteiger partial charge in [0.05, 0.1) is 18.7 Å². The summed E-state index contributed by atoms with van der Waals surface area (Å²) >= 11 is 0. The third-order valence-corrected chi connectivity index (χ3v) is 10.1. The minimum atomic E-state index is -0.537. The predicted octanol–water partition coefficient (Wildman–Crippen LogP) is 4.68. The molecule has 1 aliphatic carbocycles. The quantitative estimate of drug-likeness (QED) is 0.274. The Hall–Kier alpha value is -5.04. The summed E-state index contributed by atoms with van der Waals surface area (Å²) < 4.78 is 26.3. The molecule has 0 bridgehead atoms. The molecule has 4 aromatic rings. The third-order valence-electron chi connectivity index (χ3n) is 10.1. The Labute approximate surface area is 289 Å². The van der Waals surface area contributed by atoms with Crippen LogP contribution < -0.4 is 10.1 Å². The van der Waals surface area contributed by atoms with E-state index in [0.717, 1.165) is 40.7 Å². The zero-order valence-corrected chi connectivity index (χ0v) is 28.6. The second-order valence-corrected chi connectivity index (χ2v) is 13.8. The maximum absolute atomic E-state index is 15.2. The number of rotatable bonds is 8. The highest BCUT2D eigenvalue weighted by Gasteiger charge is 2.43. The topological polar surface area (TPSA) is 133 Å². The largest absolute Gasteiger partial charge is 0.496 e. The van der Waals surface area contributed by atoms with E-state index >= 15 is 4.39 Å². The molecular weight excluding hydrogens is 641 g/mol. The lowest BCUT2D eigenvalue weighted by atomic mass is 9.95. The van der Waals surface area contributed by atoms with Gasteiger partial charge in [-0.3, -0.25) is 24.6 Å². The van der Waals surface area contributed by atoms with Crippen LogP contribution in [0.5, 0.6) is 5.75 Å². The summed E-state index contributed by atoms with van der Waals surface area (Å²) in [5, 5.41) is 11.5. The number of methoxy groups -OCH3 is 1. The van der Waals surface area contributed by atoms with Gasteiger partial charge in [-0.1, -0.05) is 6.07 Å². The Morgan fingerprint density at radius 3 is 2.56 bits per heavy atom. The molecule has 2 aliphatic heterocycles. The van der Waals surface area contributed by atoms with Gasteiger partial charge in [0.2, 0.25) is 5.91 Å². The number of piperazine rings is 1. The molecule has 3 amide bonds. The zero-order chi connectivity index (χ0) is 35.0. The molecular formula is C37H42FN7O5. The van der Waals surface area contributed by atoms with Crippen molar-refractivity contribution in [1.29, 1.82) is 0 Å². The zero-order valence-electron chi connectivity index (χ0n) is 28.6. The second kappa shape index (κ2) is 13.7. The fraction of sp³-hybridized carbons (Fsp3) is 0.432. The van der Waals surface area contributed by atoms with E-state index < -0.39 is 11.9 Å². The van der Waals surface area contributed by atoms with Crippen molar-refractivity contribution in [3.8, 4) is 17.0 Å². The van der Waals surface area contributed by atoms with Gasteiger partial charge in [-0.2, -0.15) is 5.10 Å². The van der Waals surface area contributed by atoms with Crippen molar-refractivity contribution in [3.05, 3.63) is 77.4 Å². The van der Waals surface area contributed by atoms with Crippen LogP contribution in [0.25, 0.3) is 22.2 Å². The number of ether oxygens (including phenoxy) is 2. The lowest BCUT2D eigenvalue weighted by Crippen LogP contribution is -2.59. The van der Waals surface area contributed by atoms with E-state index in [0.29, 0.717) is 62.4 Å². The van der Waals surface area contributed by atoms with E-state index in [1.165, 1.54) is 13.2 Å². The number of carbonyl (C=O) groups is 3. The molecule has 1 saturated carbocycles. The maximum atomic E-state index is 15.2. The minimum Gasteiger partial charge on any atom is -0.496 e. The summed E-state index contributed by atoms with van der Waals surface area (Å²) in [5.74, 6) is -0.345. The van der Waals surface area contributed by atoms with Gasteiger partial charge < -0.3 is 24.6 Å². The number of carbonyl (C=O) groups excluding carboxylic acids is 3. The average Bonchev–Trinajstić information content (AvgIpc) is 3.69. The van der Waals surface area contributed by atoms with Crippen LogP contribution in [0.1, 0.15) is 54.2 Å². The summed E-state index contributed by atoms with van der Waals surface area (Å²) in [4.78, 5) is 50.0. The number of aromatic nitrogens is 3. The fourth-order valence-electron chi connectivity index (χ4n) is 6.91. The van der Waals surface area contributed by atoms with Crippen molar-refractivity contribution in [2.75, 3.05) is 39.8 Å². The van der Waals surface area contributed by atoms with Crippen LogP contribution >= 0.6 is 0 Å². The molecule has 2 atom stereocenters. The SMILES string of the molecule is COc1cccc(F)c1CN1C[C@H](NC(=O)c2ccc3[nH]nc(-c4ccnc(C)c4)c3c2)CC[C@H]1C(=O)N1CCN(C(=O)OC2(C)CC2)CC1. The molecule has 13 heteroatoms. The summed E-state index contributed by atoms with van der Waals surface area (Å²) in [6, 6.07) is 13.1. The van der Waals surface area contributed by atoms with Crippen LogP contribution in [0.2, 0.25) is 0 Å². The first-order chi connectivity index (χ1) is 24.1. The molecule has 3 fully saturated rings.